The van der Waals surface area contributed by atoms with Gasteiger partial charge in [0.05, 0.1) is 17.7 Å². The maximum Gasteiger partial charge on any atom is 0.342 e. The van der Waals surface area contributed by atoms with Crippen molar-refractivity contribution in [3.8, 4) is 11.5 Å². The molecule has 2 aromatic carbocycles. The van der Waals surface area contributed by atoms with E-state index in [1.54, 1.807) is 13.0 Å². The van der Waals surface area contributed by atoms with Crippen molar-refractivity contribution in [1.82, 2.24) is 0 Å². The lowest BCUT2D eigenvalue weighted by atomic mass is 10.1. The van der Waals surface area contributed by atoms with E-state index >= 15 is 0 Å². The Morgan fingerprint density at radius 1 is 1.23 bits per heavy atom. The fourth-order valence-corrected chi connectivity index (χ4v) is 2.12. The van der Waals surface area contributed by atoms with E-state index in [1.807, 2.05) is 0 Å². The molecule has 0 radical (unpaired) electrons. The number of nitrogens with one attached hydrogen (secondary N) is 1. The number of aromatic hydroxyl groups is 1. The Labute approximate surface area is 148 Å². The van der Waals surface area contributed by atoms with E-state index in [0.29, 0.717) is 0 Å². The van der Waals surface area contributed by atoms with E-state index in [-0.39, 0.29) is 28.4 Å². The molecular formula is C17H16N2O7. The van der Waals surface area contributed by atoms with Crippen molar-refractivity contribution in [3.63, 3.8) is 0 Å². The van der Waals surface area contributed by atoms with Crippen LogP contribution in [0, 0.1) is 17.0 Å². The van der Waals surface area contributed by atoms with Crippen molar-refractivity contribution in [2.75, 3.05) is 19.0 Å². The minimum Gasteiger partial charge on any atom is -0.507 e. The van der Waals surface area contributed by atoms with Gasteiger partial charge in [0.25, 0.3) is 11.6 Å². The van der Waals surface area contributed by atoms with Crippen LogP contribution in [0.3, 0.4) is 0 Å². The lowest BCUT2D eigenvalue weighted by molar-refractivity contribution is -0.384. The van der Waals surface area contributed by atoms with Crippen LogP contribution in [0.25, 0.3) is 0 Å². The van der Waals surface area contributed by atoms with E-state index in [1.165, 1.54) is 31.4 Å². The Bertz CT molecular complexity index is 864. The summed E-state index contributed by atoms with van der Waals surface area (Å²) >= 11 is 0. The second-order valence-corrected chi connectivity index (χ2v) is 5.29. The molecule has 0 heterocycles. The Balaban J connectivity index is 2.05. The monoisotopic (exact) mass is 360 g/mol. The number of methoxy groups -OCH3 is 1. The van der Waals surface area contributed by atoms with Gasteiger partial charge in [0.1, 0.15) is 17.1 Å². The predicted octanol–water partition coefficient (Wildman–Crippen LogP) is 2.41. The lowest BCUT2D eigenvalue weighted by Gasteiger charge is -2.11. The van der Waals surface area contributed by atoms with Crippen LogP contribution in [0.5, 0.6) is 11.5 Å². The van der Waals surface area contributed by atoms with Gasteiger partial charge in [0.2, 0.25) is 0 Å². The molecule has 0 atom stereocenters. The molecule has 26 heavy (non-hydrogen) atoms. The second kappa shape index (κ2) is 7.97. The molecule has 0 aliphatic rings. The van der Waals surface area contributed by atoms with Gasteiger partial charge >= 0.3 is 5.97 Å². The number of hydrogen-bond donors (Lipinski definition) is 2. The molecule has 0 spiro atoms. The number of carbonyl (C=O) groups excluding carboxylic acids is 2. The number of esters is 1. The summed E-state index contributed by atoms with van der Waals surface area (Å²) in [6, 6.07) is 8.09. The Morgan fingerprint density at radius 3 is 2.62 bits per heavy atom. The third kappa shape index (κ3) is 4.47. The largest absolute Gasteiger partial charge is 0.507 e. The highest BCUT2D eigenvalue weighted by atomic mass is 16.6. The van der Waals surface area contributed by atoms with E-state index < -0.39 is 23.4 Å². The van der Waals surface area contributed by atoms with Gasteiger partial charge in [0, 0.05) is 12.1 Å². The quantitative estimate of drug-likeness (QED) is 0.460. The van der Waals surface area contributed by atoms with Crippen LogP contribution >= 0.6 is 0 Å². The molecule has 0 unspecified atom stereocenters. The standard InChI is InChI=1S/C17H16N2O7/c1-10-3-5-14(20)12(7-10)17(22)26-9-16(21)18-13-8-11(19(23)24)4-6-15(13)25-2/h3-8,20H,9H2,1-2H3,(H,18,21). The molecule has 9 heteroatoms. The highest BCUT2D eigenvalue weighted by Gasteiger charge is 2.17. The summed E-state index contributed by atoms with van der Waals surface area (Å²) in [4.78, 5) is 34.2. The summed E-state index contributed by atoms with van der Waals surface area (Å²) in [6.45, 7) is 1.09. The van der Waals surface area contributed by atoms with Crippen LogP contribution in [0.1, 0.15) is 15.9 Å². The number of nitrogens with zero attached hydrogens (tertiary/aromatic N) is 1. The van der Waals surface area contributed by atoms with Crippen LogP contribution in [0.4, 0.5) is 11.4 Å². The van der Waals surface area contributed by atoms with E-state index in [4.69, 9.17) is 9.47 Å². The highest BCUT2D eigenvalue weighted by Crippen LogP contribution is 2.28. The summed E-state index contributed by atoms with van der Waals surface area (Å²) in [7, 11) is 1.34. The van der Waals surface area contributed by atoms with Crippen molar-refractivity contribution in [2.45, 2.75) is 6.92 Å². The zero-order valence-corrected chi connectivity index (χ0v) is 14.0. The minimum absolute atomic E-state index is 0.0641. The maximum absolute atomic E-state index is 12.0. The topological polar surface area (TPSA) is 128 Å². The lowest BCUT2D eigenvalue weighted by Crippen LogP contribution is -2.21. The number of ether oxygens (including phenoxy) is 2. The normalized spacial score (nSPS) is 10.1. The van der Waals surface area contributed by atoms with Crippen molar-refractivity contribution in [1.29, 1.82) is 0 Å². The summed E-state index contributed by atoms with van der Waals surface area (Å²) in [5, 5.41) is 22.9. The number of nitro benzene ring substituents is 1. The smallest absolute Gasteiger partial charge is 0.342 e. The first-order valence-corrected chi connectivity index (χ1v) is 7.41. The molecule has 0 bridgehead atoms. The minimum atomic E-state index is -0.868. The Kier molecular flexibility index (Phi) is 5.74. The number of anilines is 1. The van der Waals surface area contributed by atoms with Gasteiger partial charge in [-0.25, -0.2) is 4.79 Å². The number of rotatable bonds is 6. The number of amides is 1. The molecular weight excluding hydrogens is 344 g/mol. The van der Waals surface area contributed by atoms with Gasteiger partial charge in [-0.3, -0.25) is 14.9 Å². The third-order valence-electron chi connectivity index (χ3n) is 3.37. The van der Waals surface area contributed by atoms with Crippen molar-refractivity contribution < 1.29 is 29.1 Å². The van der Waals surface area contributed by atoms with Gasteiger partial charge in [0.15, 0.2) is 6.61 Å². The fraction of sp³-hybridized carbons (Fsp3) is 0.176. The molecule has 9 nitrogen and oxygen atoms in total. The zero-order valence-electron chi connectivity index (χ0n) is 14.0. The van der Waals surface area contributed by atoms with Gasteiger partial charge in [-0.15, -0.1) is 0 Å². The van der Waals surface area contributed by atoms with Gasteiger partial charge in [-0.2, -0.15) is 0 Å². The van der Waals surface area contributed by atoms with E-state index in [0.717, 1.165) is 11.6 Å². The molecule has 136 valence electrons. The highest BCUT2D eigenvalue weighted by molar-refractivity contribution is 5.97. The molecule has 0 saturated carbocycles. The first kappa shape index (κ1) is 18.7. The van der Waals surface area contributed by atoms with E-state index in [2.05, 4.69) is 5.32 Å². The number of hydrogen-bond acceptors (Lipinski definition) is 7. The van der Waals surface area contributed by atoms with Crippen molar-refractivity contribution in [3.05, 3.63) is 57.6 Å². The molecule has 1 amide bonds. The van der Waals surface area contributed by atoms with Crippen LogP contribution in [-0.2, 0) is 9.53 Å². The number of benzene rings is 2. The van der Waals surface area contributed by atoms with Crippen LogP contribution in [0.15, 0.2) is 36.4 Å². The molecule has 0 aromatic heterocycles. The van der Waals surface area contributed by atoms with Crippen LogP contribution in [-0.4, -0.2) is 35.6 Å². The molecule has 0 fully saturated rings. The second-order valence-electron chi connectivity index (χ2n) is 5.29. The first-order valence-electron chi connectivity index (χ1n) is 7.41. The molecule has 2 aromatic rings. The SMILES string of the molecule is COc1ccc([N+](=O)[O-])cc1NC(=O)COC(=O)c1cc(C)ccc1O. The number of aryl methyl sites for hydroxylation is 1. The first-order chi connectivity index (χ1) is 12.3. The Morgan fingerprint density at radius 2 is 1.96 bits per heavy atom. The maximum atomic E-state index is 12.0. The summed E-state index contributed by atoms with van der Waals surface area (Å²) in [5.74, 6) is -1.63. The van der Waals surface area contributed by atoms with Gasteiger partial charge in [-0.1, -0.05) is 11.6 Å². The van der Waals surface area contributed by atoms with E-state index in [9.17, 15) is 24.8 Å². The fourth-order valence-electron chi connectivity index (χ4n) is 2.12. The van der Waals surface area contributed by atoms with Gasteiger partial charge < -0.3 is 19.9 Å². The zero-order chi connectivity index (χ0) is 19.3. The summed E-state index contributed by atoms with van der Waals surface area (Å²) < 4.78 is 9.89. The van der Waals surface area contributed by atoms with Crippen LogP contribution in [0.2, 0.25) is 0 Å². The Hall–Kier alpha value is -3.62. The number of phenolic OH excluding ortho intramolecular Hbond substituents is 1. The molecule has 0 aliphatic heterocycles. The number of carbonyl (C=O) groups is 2. The molecule has 0 aliphatic carbocycles. The van der Waals surface area contributed by atoms with Crippen LogP contribution < -0.4 is 10.1 Å². The van der Waals surface area contributed by atoms with Crippen molar-refractivity contribution >= 4 is 23.3 Å². The summed E-state index contributed by atoms with van der Waals surface area (Å²) in [6.07, 6.45) is 0. The number of nitro groups is 1. The predicted molar refractivity (Wildman–Crippen MR) is 91.4 cm³/mol. The number of non-ortho nitro benzene ring substituents is 1. The summed E-state index contributed by atoms with van der Waals surface area (Å²) in [5.41, 5.74) is 0.509. The van der Waals surface area contributed by atoms with Crippen molar-refractivity contribution in [2.24, 2.45) is 0 Å². The molecule has 2 N–H and O–H groups in total. The molecule has 0 saturated heterocycles. The van der Waals surface area contributed by atoms with Gasteiger partial charge in [-0.05, 0) is 25.1 Å². The average Bonchev–Trinajstić information content (AvgIpc) is 2.61. The third-order valence-corrected chi connectivity index (χ3v) is 3.37. The average molecular weight is 360 g/mol. The molecule has 2 rings (SSSR count). The number of phenols is 1.